The lowest BCUT2D eigenvalue weighted by Crippen LogP contribution is -2.13. The predicted octanol–water partition coefficient (Wildman–Crippen LogP) is 2.71. The number of carbonyl (C=O) groups is 1. The molecule has 5 nitrogen and oxygen atoms in total. The Hall–Kier alpha value is -2.53. The third-order valence-corrected chi connectivity index (χ3v) is 3.10. The molecule has 0 aliphatic carbocycles. The number of nitrogens with one attached hydrogen (secondary N) is 1. The minimum atomic E-state index is -0.689. The first-order chi connectivity index (χ1) is 10.0. The Kier molecular flexibility index (Phi) is 4.45. The van der Waals surface area contributed by atoms with E-state index in [-0.39, 0.29) is 11.7 Å². The largest absolute Gasteiger partial charge is 0.504 e. The molecule has 21 heavy (non-hydrogen) atoms. The summed E-state index contributed by atoms with van der Waals surface area (Å²) in [4.78, 5) is 12.2. The van der Waals surface area contributed by atoms with Crippen LogP contribution in [-0.4, -0.2) is 23.2 Å². The summed E-state index contributed by atoms with van der Waals surface area (Å²) in [7, 11) is 1.44. The lowest BCUT2D eigenvalue weighted by Gasteiger charge is -2.13. The van der Waals surface area contributed by atoms with Gasteiger partial charge < -0.3 is 20.3 Å². The SMILES string of the molecule is COc1ccc(C(=O)Nc2ccccc2C(C)O)cc1O. The van der Waals surface area contributed by atoms with Crippen molar-refractivity contribution in [2.45, 2.75) is 13.0 Å². The Morgan fingerprint density at radius 3 is 2.57 bits per heavy atom. The van der Waals surface area contributed by atoms with Crippen molar-refractivity contribution in [2.24, 2.45) is 0 Å². The van der Waals surface area contributed by atoms with E-state index in [1.54, 1.807) is 37.3 Å². The summed E-state index contributed by atoms with van der Waals surface area (Å²) in [6.07, 6.45) is -0.689. The van der Waals surface area contributed by atoms with Gasteiger partial charge in [-0.1, -0.05) is 18.2 Å². The number of phenolic OH excluding ortho intramolecular Hbond substituents is 1. The van der Waals surface area contributed by atoms with Crippen molar-refractivity contribution in [2.75, 3.05) is 12.4 Å². The van der Waals surface area contributed by atoms with E-state index in [0.717, 1.165) is 0 Å². The minimum absolute atomic E-state index is 0.103. The molecule has 0 aliphatic heterocycles. The molecule has 0 aliphatic rings. The maximum Gasteiger partial charge on any atom is 0.255 e. The van der Waals surface area contributed by atoms with Gasteiger partial charge in [-0.3, -0.25) is 4.79 Å². The smallest absolute Gasteiger partial charge is 0.255 e. The van der Waals surface area contributed by atoms with Crippen LogP contribution < -0.4 is 10.1 Å². The number of hydrogen-bond donors (Lipinski definition) is 3. The number of aliphatic hydroxyl groups is 1. The Bertz CT molecular complexity index is 652. The van der Waals surface area contributed by atoms with Crippen LogP contribution in [0, 0.1) is 0 Å². The average Bonchev–Trinajstić information content (AvgIpc) is 2.47. The Balaban J connectivity index is 2.24. The number of phenols is 1. The molecule has 2 aromatic rings. The average molecular weight is 287 g/mol. The van der Waals surface area contributed by atoms with Crippen LogP contribution in [0.4, 0.5) is 5.69 Å². The van der Waals surface area contributed by atoms with E-state index in [4.69, 9.17) is 4.74 Å². The van der Waals surface area contributed by atoms with E-state index in [0.29, 0.717) is 22.6 Å². The zero-order valence-electron chi connectivity index (χ0n) is 11.8. The fourth-order valence-corrected chi connectivity index (χ4v) is 2.00. The fraction of sp³-hybridized carbons (Fsp3) is 0.188. The van der Waals surface area contributed by atoms with Gasteiger partial charge in [0.25, 0.3) is 5.91 Å². The normalized spacial score (nSPS) is 11.8. The van der Waals surface area contributed by atoms with Crippen molar-refractivity contribution in [1.82, 2.24) is 0 Å². The van der Waals surface area contributed by atoms with Gasteiger partial charge in [0.1, 0.15) is 0 Å². The molecule has 0 heterocycles. The molecule has 0 fully saturated rings. The number of methoxy groups -OCH3 is 1. The molecule has 0 bridgehead atoms. The van der Waals surface area contributed by atoms with Crippen LogP contribution in [0.2, 0.25) is 0 Å². The molecule has 0 aromatic heterocycles. The highest BCUT2D eigenvalue weighted by Gasteiger charge is 2.13. The number of para-hydroxylation sites is 1. The van der Waals surface area contributed by atoms with Gasteiger partial charge in [0, 0.05) is 16.8 Å². The molecular weight excluding hydrogens is 270 g/mol. The summed E-state index contributed by atoms with van der Waals surface area (Å²) in [5.41, 5.74) is 1.46. The standard InChI is InChI=1S/C16H17NO4/c1-10(18)12-5-3-4-6-13(12)17-16(20)11-7-8-15(21-2)14(19)9-11/h3-10,18-19H,1-2H3,(H,17,20). The minimum Gasteiger partial charge on any atom is -0.504 e. The molecule has 0 saturated heterocycles. The Morgan fingerprint density at radius 2 is 1.95 bits per heavy atom. The summed E-state index contributed by atoms with van der Waals surface area (Å²) < 4.78 is 4.93. The zero-order chi connectivity index (χ0) is 15.4. The zero-order valence-corrected chi connectivity index (χ0v) is 11.8. The van der Waals surface area contributed by atoms with Crippen molar-refractivity contribution in [3.8, 4) is 11.5 Å². The summed E-state index contributed by atoms with van der Waals surface area (Å²) in [6, 6.07) is 11.4. The van der Waals surface area contributed by atoms with E-state index in [1.165, 1.54) is 19.2 Å². The molecule has 1 amide bonds. The summed E-state index contributed by atoms with van der Waals surface area (Å²) >= 11 is 0. The van der Waals surface area contributed by atoms with Crippen LogP contribution in [0.5, 0.6) is 11.5 Å². The molecule has 5 heteroatoms. The number of aliphatic hydroxyl groups excluding tert-OH is 1. The number of ether oxygens (including phenoxy) is 1. The quantitative estimate of drug-likeness (QED) is 0.808. The first kappa shape index (κ1) is 14.9. The Morgan fingerprint density at radius 1 is 1.24 bits per heavy atom. The maximum absolute atomic E-state index is 12.2. The number of amides is 1. The summed E-state index contributed by atoms with van der Waals surface area (Å²) in [6.45, 7) is 1.63. The Labute approximate surface area is 122 Å². The van der Waals surface area contributed by atoms with Crippen LogP contribution in [0.1, 0.15) is 28.9 Å². The first-order valence-corrected chi connectivity index (χ1v) is 6.48. The van der Waals surface area contributed by atoms with Gasteiger partial charge in [-0.15, -0.1) is 0 Å². The van der Waals surface area contributed by atoms with E-state index >= 15 is 0 Å². The topological polar surface area (TPSA) is 78.8 Å². The van der Waals surface area contributed by atoms with Crippen LogP contribution in [0.25, 0.3) is 0 Å². The number of anilines is 1. The third-order valence-electron chi connectivity index (χ3n) is 3.10. The van der Waals surface area contributed by atoms with E-state index < -0.39 is 6.10 Å². The molecule has 1 atom stereocenters. The lowest BCUT2D eigenvalue weighted by molar-refractivity contribution is 0.102. The highest BCUT2D eigenvalue weighted by atomic mass is 16.5. The van der Waals surface area contributed by atoms with E-state index in [2.05, 4.69) is 5.32 Å². The summed E-state index contributed by atoms with van der Waals surface area (Å²) in [5, 5.41) is 22.1. The molecule has 1 unspecified atom stereocenters. The predicted molar refractivity (Wildman–Crippen MR) is 79.7 cm³/mol. The van der Waals surface area contributed by atoms with Crippen molar-refractivity contribution in [3.05, 3.63) is 53.6 Å². The monoisotopic (exact) mass is 287 g/mol. The van der Waals surface area contributed by atoms with Crippen molar-refractivity contribution >= 4 is 11.6 Å². The summed E-state index contributed by atoms with van der Waals surface area (Å²) in [5.74, 6) is -0.175. The van der Waals surface area contributed by atoms with Crippen molar-refractivity contribution in [3.63, 3.8) is 0 Å². The van der Waals surface area contributed by atoms with Gasteiger partial charge in [-0.2, -0.15) is 0 Å². The third kappa shape index (κ3) is 3.32. The highest BCUT2D eigenvalue weighted by Crippen LogP contribution is 2.27. The maximum atomic E-state index is 12.2. The highest BCUT2D eigenvalue weighted by molar-refractivity contribution is 6.05. The van der Waals surface area contributed by atoms with Gasteiger partial charge in [-0.25, -0.2) is 0 Å². The van der Waals surface area contributed by atoms with Crippen LogP contribution >= 0.6 is 0 Å². The number of aromatic hydroxyl groups is 1. The van der Waals surface area contributed by atoms with E-state index in [1.807, 2.05) is 0 Å². The van der Waals surface area contributed by atoms with Gasteiger partial charge in [0.2, 0.25) is 0 Å². The van der Waals surface area contributed by atoms with Crippen molar-refractivity contribution in [1.29, 1.82) is 0 Å². The van der Waals surface area contributed by atoms with Crippen LogP contribution in [0.3, 0.4) is 0 Å². The van der Waals surface area contributed by atoms with Gasteiger partial charge >= 0.3 is 0 Å². The molecule has 110 valence electrons. The second kappa shape index (κ2) is 6.28. The molecular formula is C16H17NO4. The van der Waals surface area contributed by atoms with E-state index in [9.17, 15) is 15.0 Å². The lowest BCUT2D eigenvalue weighted by atomic mass is 10.1. The second-order valence-corrected chi connectivity index (χ2v) is 4.60. The second-order valence-electron chi connectivity index (χ2n) is 4.60. The van der Waals surface area contributed by atoms with Gasteiger partial charge in [-0.05, 0) is 31.2 Å². The number of benzene rings is 2. The van der Waals surface area contributed by atoms with Gasteiger partial charge in [0.05, 0.1) is 13.2 Å². The molecule has 3 N–H and O–H groups in total. The molecule has 0 spiro atoms. The first-order valence-electron chi connectivity index (χ1n) is 6.48. The molecule has 0 radical (unpaired) electrons. The number of carbonyl (C=O) groups excluding carboxylic acids is 1. The number of hydrogen-bond acceptors (Lipinski definition) is 4. The fourth-order valence-electron chi connectivity index (χ4n) is 2.00. The molecule has 2 aromatic carbocycles. The van der Waals surface area contributed by atoms with Crippen molar-refractivity contribution < 1.29 is 19.7 Å². The van der Waals surface area contributed by atoms with Crippen LogP contribution in [0.15, 0.2) is 42.5 Å². The molecule has 0 saturated carbocycles. The van der Waals surface area contributed by atoms with Gasteiger partial charge in [0.15, 0.2) is 11.5 Å². The number of rotatable bonds is 4. The van der Waals surface area contributed by atoms with Crippen LogP contribution in [-0.2, 0) is 0 Å². The molecule has 2 rings (SSSR count).